The van der Waals surface area contributed by atoms with Gasteiger partial charge in [0.15, 0.2) is 6.10 Å². The third kappa shape index (κ3) is 40.9. The van der Waals surface area contributed by atoms with E-state index in [0.29, 0.717) is 12.8 Å². The molecule has 332 valence electrons. The lowest BCUT2D eigenvalue weighted by Crippen LogP contribution is -2.29. The van der Waals surface area contributed by atoms with Crippen LogP contribution in [-0.2, 0) is 32.7 Å². The first-order chi connectivity index (χ1) is 27.2. The Morgan fingerprint density at radius 1 is 0.554 bits per heavy atom. The van der Waals surface area contributed by atoms with Crippen molar-refractivity contribution in [2.24, 2.45) is 0 Å². The maximum atomic E-state index is 12.6. The number of unbranched alkanes of at least 4 members (excludes halogenated alkanes) is 30. The van der Waals surface area contributed by atoms with Crippen LogP contribution in [0.15, 0.2) is 12.7 Å². The second kappa shape index (κ2) is 41.9. The van der Waals surface area contributed by atoms with E-state index >= 15 is 0 Å². The smallest absolute Gasteiger partial charge is 0.462 e. The number of hydrogen-bond acceptors (Lipinski definition) is 9. The summed E-state index contributed by atoms with van der Waals surface area (Å²) in [4.78, 5) is 35.0. The molecule has 0 bridgehead atoms. The maximum Gasteiger partial charge on any atom is 0.472 e. The van der Waals surface area contributed by atoms with Crippen molar-refractivity contribution < 1.29 is 47.8 Å². The van der Waals surface area contributed by atoms with Crippen molar-refractivity contribution in [1.29, 1.82) is 0 Å². The van der Waals surface area contributed by atoms with E-state index in [9.17, 15) is 24.2 Å². The lowest BCUT2D eigenvalue weighted by Gasteiger charge is -2.20. The molecule has 0 aromatic heterocycles. The number of hydrogen-bond donors (Lipinski definition) is 3. The fourth-order valence-corrected chi connectivity index (χ4v) is 7.53. The van der Waals surface area contributed by atoms with Crippen LogP contribution in [0, 0.1) is 0 Å². The molecule has 0 aliphatic heterocycles. The molecule has 0 aliphatic rings. The molecule has 3 N–H and O–H groups in total. The highest BCUT2D eigenvalue weighted by atomic mass is 31.2. The van der Waals surface area contributed by atoms with Crippen molar-refractivity contribution in [3.8, 4) is 0 Å². The fraction of sp³-hybridized carbons (Fsp3) is 0.911. The van der Waals surface area contributed by atoms with Crippen molar-refractivity contribution in [3.63, 3.8) is 0 Å². The van der Waals surface area contributed by atoms with E-state index in [4.69, 9.17) is 23.6 Å². The van der Waals surface area contributed by atoms with E-state index in [1.54, 1.807) is 0 Å². The maximum absolute atomic E-state index is 12.6. The van der Waals surface area contributed by atoms with Gasteiger partial charge in [0.1, 0.15) is 12.7 Å². The largest absolute Gasteiger partial charge is 0.472 e. The quantitative estimate of drug-likeness (QED) is 0.0235. The molecular formula is C45H87O10P. The van der Waals surface area contributed by atoms with Crippen LogP contribution in [0.1, 0.15) is 225 Å². The lowest BCUT2D eigenvalue weighted by molar-refractivity contribution is -0.161. The molecule has 0 saturated heterocycles. The summed E-state index contributed by atoms with van der Waals surface area (Å²) in [6.45, 7) is 3.94. The molecule has 0 aromatic carbocycles. The van der Waals surface area contributed by atoms with Crippen LogP contribution in [0.3, 0.4) is 0 Å². The van der Waals surface area contributed by atoms with Gasteiger partial charge in [-0.15, -0.1) is 6.58 Å². The minimum Gasteiger partial charge on any atom is -0.462 e. The van der Waals surface area contributed by atoms with Crippen molar-refractivity contribution in [1.82, 2.24) is 0 Å². The van der Waals surface area contributed by atoms with Gasteiger partial charge in [-0.3, -0.25) is 18.6 Å². The normalized spacial score (nSPS) is 13.6. The van der Waals surface area contributed by atoms with Gasteiger partial charge < -0.3 is 24.6 Å². The second-order valence-electron chi connectivity index (χ2n) is 15.9. The van der Waals surface area contributed by atoms with Crippen LogP contribution in [0.4, 0.5) is 0 Å². The van der Waals surface area contributed by atoms with Gasteiger partial charge >= 0.3 is 19.8 Å². The van der Waals surface area contributed by atoms with E-state index in [0.717, 1.165) is 38.5 Å². The van der Waals surface area contributed by atoms with Crippen molar-refractivity contribution in [3.05, 3.63) is 12.7 Å². The van der Waals surface area contributed by atoms with Crippen molar-refractivity contribution in [2.75, 3.05) is 26.4 Å². The SMILES string of the molecule is C=CCCCCCCCCCCCCCCCC(=O)O[C@H](COC(=O)CCCCCCCCCCCCCCCCCCCC)COP(=O)(O)OC[C@@H](O)CO. The highest BCUT2D eigenvalue weighted by Crippen LogP contribution is 2.43. The second-order valence-corrected chi connectivity index (χ2v) is 17.3. The number of ether oxygens (including phenoxy) is 2. The molecule has 11 heteroatoms. The summed E-state index contributed by atoms with van der Waals surface area (Å²) in [6, 6.07) is 0. The molecule has 0 radical (unpaired) electrons. The third-order valence-electron chi connectivity index (χ3n) is 10.3. The third-order valence-corrected chi connectivity index (χ3v) is 11.3. The lowest BCUT2D eigenvalue weighted by atomic mass is 10.0. The van der Waals surface area contributed by atoms with Gasteiger partial charge in [-0.1, -0.05) is 193 Å². The molecule has 0 saturated carbocycles. The highest BCUT2D eigenvalue weighted by Gasteiger charge is 2.27. The predicted octanol–water partition coefficient (Wildman–Crippen LogP) is 12.4. The summed E-state index contributed by atoms with van der Waals surface area (Å²) < 4.78 is 32.8. The van der Waals surface area contributed by atoms with Gasteiger partial charge in [0.2, 0.25) is 0 Å². The number of phosphoric ester groups is 1. The molecule has 1 unspecified atom stereocenters. The van der Waals surface area contributed by atoms with Gasteiger partial charge in [0, 0.05) is 12.8 Å². The number of esters is 2. The number of phosphoric acid groups is 1. The molecule has 10 nitrogen and oxygen atoms in total. The monoisotopic (exact) mass is 819 g/mol. The van der Waals surface area contributed by atoms with Crippen molar-refractivity contribution >= 4 is 19.8 Å². The van der Waals surface area contributed by atoms with E-state index in [1.165, 1.54) is 154 Å². The molecule has 0 fully saturated rings. The number of aliphatic hydroxyl groups excluding tert-OH is 2. The summed E-state index contributed by atoms with van der Waals surface area (Å²) >= 11 is 0. The van der Waals surface area contributed by atoms with Crippen LogP contribution < -0.4 is 0 Å². The van der Waals surface area contributed by atoms with Crippen LogP contribution in [0.5, 0.6) is 0 Å². The van der Waals surface area contributed by atoms with E-state index in [-0.39, 0.29) is 19.4 Å². The standard InChI is InChI=1S/C45H87O10P/c1-3-5-7-9-11-13-15-17-19-20-21-23-24-26-28-30-32-34-36-44(48)52-40-43(41-54-56(50,51)53-39-42(47)38-46)55-45(49)37-35-33-31-29-27-25-22-18-16-14-12-10-8-6-4-2/h4,42-43,46-47H,2-3,5-41H2,1H3,(H,50,51)/t42-,43+/m0/s1. The van der Waals surface area contributed by atoms with E-state index in [1.807, 2.05) is 6.08 Å². The van der Waals surface area contributed by atoms with E-state index < -0.39 is 51.8 Å². The zero-order valence-corrected chi connectivity index (χ0v) is 36.9. The van der Waals surface area contributed by atoms with Gasteiger partial charge in [0.25, 0.3) is 0 Å². The van der Waals surface area contributed by atoms with Gasteiger partial charge in [-0.2, -0.15) is 0 Å². The van der Waals surface area contributed by atoms with Crippen molar-refractivity contribution in [2.45, 2.75) is 237 Å². The van der Waals surface area contributed by atoms with Crippen LogP contribution in [0.25, 0.3) is 0 Å². The Balaban J connectivity index is 4.19. The van der Waals surface area contributed by atoms with Crippen LogP contribution in [0.2, 0.25) is 0 Å². The zero-order valence-electron chi connectivity index (χ0n) is 36.0. The first kappa shape index (κ1) is 54.7. The Morgan fingerprint density at radius 3 is 1.30 bits per heavy atom. The van der Waals surface area contributed by atoms with Crippen LogP contribution >= 0.6 is 7.82 Å². The Labute approximate surface area is 343 Å². The molecule has 0 rings (SSSR count). The highest BCUT2D eigenvalue weighted by molar-refractivity contribution is 7.47. The Kier molecular flexibility index (Phi) is 40.9. The molecule has 0 spiro atoms. The number of allylic oxidation sites excluding steroid dienone is 1. The summed E-state index contributed by atoms with van der Waals surface area (Å²) in [5, 5.41) is 18.3. The number of carbonyl (C=O) groups is 2. The first-order valence-corrected chi connectivity index (χ1v) is 24.6. The van der Waals surface area contributed by atoms with Gasteiger partial charge in [0.05, 0.1) is 19.8 Å². The topological polar surface area (TPSA) is 149 Å². The zero-order chi connectivity index (χ0) is 41.2. The molecule has 3 atom stereocenters. The molecule has 56 heavy (non-hydrogen) atoms. The van der Waals surface area contributed by atoms with Gasteiger partial charge in [-0.25, -0.2) is 4.57 Å². The fourth-order valence-electron chi connectivity index (χ4n) is 6.74. The average molecular weight is 819 g/mol. The van der Waals surface area contributed by atoms with Crippen LogP contribution in [-0.4, -0.2) is 65.7 Å². The number of aliphatic hydroxyl groups is 2. The first-order valence-electron chi connectivity index (χ1n) is 23.1. The Hall–Kier alpha value is -1.29. The Morgan fingerprint density at radius 2 is 0.911 bits per heavy atom. The molecular weight excluding hydrogens is 731 g/mol. The predicted molar refractivity (Wildman–Crippen MR) is 229 cm³/mol. The summed E-state index contributed by atoms with van der Waals surface area (Å²) in [6.07, 6.45) is 39.2. The van der Waals surface area contributed by atoms with Gasteiger partial charge in [-0.05, 0) is 25.7 Å². The molecule has 0 amide bonds. The molecule has 0 heterocycles. The summed E-state index contributed by atoms with van der Waals surface area (Å²) in [7, 11) is -4.61. The molecule has 0 aliphatic carbocycles. The minimum absolute atomic E-state index is 0.187. The summed E-state index contributed by atoms with van der Waals surface area (Å²) in [5.74, 6) is -0.914. The minimum atomic E-state index is -4.61. The summed E-state index contributed by atoms with van der Waals surface area (Å²) in [5.41, 5.74) is 0. The average Bonchev–Trinajstić information content (AvgIpc) is 3.19. The number of rotatable bonds is 45. The molecule has 0 aromatic rings. The Bertz CT molecular complexity index is 933. The number of carbonyl (C=O) groups excluding carboxylic acids is 2. The van der Waals surface area contributed by atoms with E-state index in [2.05, 4.69) is 13.5 Å².